The highest BCUT2D eigenvalue weighted by atomic mass is 16.4. The summed E-state index contributed by atoms with van der Waals surface area (Å²) in [6.45, 7) is 2.76. The van der Waals surface area contributed by atoms with Crippen molar-refractivity contribution in [1.82, 2.24) is 5.32 Å². The molecule has 0 aliphatic carbocycles. The summed E-state index contributed by atoms with van der Waals surface area (Å²) in [6, 6.07) is 0. The van der Waals surface area contributed by atoms with Crippen molar-refractivity contribution in [3.8, 4) is 0 Å². The van der Waals surface area contributed by atoms with Crippen LogP contribution in [-0.4, -0.2) is 28.6 Å². The molecule has 0 rings (SSSR count). The summed E-state index contributed by atoms with van der Waals surface area (Å²) >= 11 is 0. The molecule has 0 aromatic heterocycles. The second-order valence-corrected chi connectivity index (χ2v) is 2.49. The molecule has 0 aliphatic heterocycles. The number of allylic oxidation sites excluding steroid dienone is 2. The molecule has 0 aromatic rings. The number of aliphatic carboxylic acids is 1. The van der Waals surface area contributed by atoms with Crippen LogP contribution in [0, 0.1) is 0 Å². The number of nitrogens with one attached hydrogen (secondary N) is 1. The smallest absolute Gasteiger partial charge is 0.322 e. The largest absolute Gasteiger partial charge is 0.507 e. The zero-order chi connectivity index (χ0) is 11.8. The SMILES string of the molecule is C=C(C(=O)NCC(=O)O)/C(O)=C\C=C/N. The fraction of sp³-hybridized carbons (Fsp3) is 0.111. The van der Waals surface area contributed by atoms with Crippen molar-refractivity contribution in [1.29, 1.82) is 0 Å². The highest BCUT2D eigenvalue weighted by Crippen LogP contribution is 2.03. The monoisotopic (exact) mass is 212 g/mol. The van der Waals surface area contributed by atoms with Crippen LogP contribution in [0.4, 0.5) is 0 Å². The van der Waals surface area contributed by atoms with E-state index in [9.17, 15) is 14.7 Å². The third-order valence-corrected chi connectivity index (χ3v) is 1.35. The Bertz CT molecular complexity index is 331. The molecule has 15 heavy (non-hydrogen) atoms. The maximum Gasteiger partial charge on any atom is 0.322 e. The molecule has 0 aliphatic rings. The summed E-state index contributed by atoms with van der Waals surface area (Å²) in [5, 5.41) is 19.6. The normalized spacial score (nSPS) is 11.3. The number of hydrogen-bond donors (Lipinski definition) is 4. The molecule has 0 unspecified atom stereocenters. The van der Waals surface area contributed by atoms with Gasteiger partial charge in [0.1, 0.15) is 12.3 Å². The van der Waals surface area contributed by atoms with Gasteiger partial charge in [-0.3, -0.25) is 9.59 Å². The zero-order valence-corrected chi connectivity index (χ0v) is 7.93. The Balaban J connectivity index is 4.32. The zero-order valence-electron chi connectivity index (χ0n) is 7.93. The molecule has 1 amide bonds. The summed E-state index contributed by atoms with van der Waals surface area (Å²) in [7, 11) is 0. The number of hydrogen-bond acceptors (Lipinski definition) is 4. The first-order valence-corrected chi connectivity index (χ1v) is 3.95. The molecule has 0 heterocycles. The van der Waals surface area contributed by atoms with Gasteiger partial charge in [-0.2, -0.15) is 0 Å². The maximum atomic E-state index is 11.1. The minimum Gasteiger partial charge on any atom is -0.507 e. The average molecular weight is 212 g/mol. The Kier molecular flexibility index (Phi) is 5.32. The molecular weight excluding hydrogens is 200 g/mol. The van der Waals surface area contributed by atoms with Crippen LogP contribution < -0.4 is 11.1 Å². The number of nitrogens with two attached hydrogens (primary N) is 1. The number of carbonyl (C=O) groups excluding carboxylic acids is 1. The molecule has 0 saturated carbocycles. The highest BCUT2D eigenvalue weighted by molar-refractivity contribution is 5.97. The summed E-state index contributed by atoms with van der Waals surface area (Å²) in [6.07, 6.45) is 3.65. The molecule has 0 fully saturated rings. The van der Waals surface area contributed by atoms with Crippen LogP contribution in [0.15, 0.2) is 36.3 Å². The quantitative estimate of drug-likeness (QED) is 0.283. The van der Waals surface area contributed by atoms with E-state index in [-0.39, 0.29) is 11.3 Å². The predicted molar refractivity (Wildman–Crippen MR) is 53.8 cm³/mol. The number of rotatable bonds is 5. The van der Waals surface area contributed by atoms with Crippen LogP contribution in [-0.2, 0) is 9.59 Å². The van der Waals surface area contributed by atoms with E-state index in [2.05, 4.69) is 6.58 Å². The van der Waals surface area contributed by atoms with Crippen molar-refractivity contribution >= 4 is 11.9 Å². The third-order valence-electron chi connectivity index (χ3n) is 1.35. The molecule has 5 N–H and O–H groups in total. The fourth-order valence-corrected chi connectivity index (χ4v) is 0.626. The number of aliphatic hydroxyl groups excluding tert-OH is 1. The topological polar surface area (TPSA) is 113 Å². The molecular formula is C9H12N2O4. The Morgan fingerprint density at radius 3 is 2.47 bits per heavy atom. The number of carbonyl (C=O) groups is 2. The van der Waals surface area contributed by atoms with Gasteiger partial charge in [0, 0.05) is 0 Å². The lowest BCUT2D eigenvalue weighted by molar-refractivity contribution is -0.137. The molecule has 0 radical (unpaired) electrons. The van der Waals surface area contributed by atoms with Gasteiger partial charge in [-0.25, -0.2) is 0 Å². The molecule has 0 bridgehead atoms. The first kappa shape index (κ1) is 12.8. The lowest BCUT2D eigenvalue weighted by Crippen LogP contribution is -2.30. The summed E-state index contributed by atoms with van der Waals surface area (Å²) in [5.74, 6) is -2.31. The molecule has 0 aromatic carbocycles. The van der Waals surface area contributed by atoms with Gasteiger partial charge >= 0.3 is 5.97 Å². The van der Waals surface area contributed by atoms with Crippen LogP contribution >= 0.6 is 0 Å². The average Bonchev–Trinajstić information content (AvgIpc) is 2.21. The van der Waals surface area contributed by atoms with Gasteiger partial charge in [0.15, 0.2) is 0 Å². The molecule has 0 spiro atoms. The Morgan fingerprint density at radius 1 is 1.40 bits per heavy atom. The van der Waals surface area contributed by atoms with Crippen LogP contribution in [0.1, 0.15) is 0 Å². The van der Waals surface area contributed by atoms with Gasteiger partial charge in [0.25, 0.3) is 5.91 Å². The summed E-state index contributed by atoms with van der Waals surface area (Å²) < 4.78 is 0. The van der Waals surface area contributed by atoms with Crippen LogP contribution in [0.2, 0.25) is 0 Å². The van der Waals surface area contributed by atoms with Crippen molar-refractivity contribution in [2.24, 2.45) is 5.73 Å². The number of carboxylic acid groups (broad SMARTS) is 1. The van der Waals surface area contributed by atoms with E-state index in [1.807, 2.05) is 5.32 Å². The van der Waals surface area contributed by atoms with Gasteiger partial charge < -0.3 is 21.3 Å². The van der Waals surface area contributed by atoms with E-state index in [0.717, 1.165) is 0 Å². The maximum absolute atomic E-state index is 11.1. The van der Waals surface area contributed by atoms with Crippen molar-refractivity contribution in [3.05, 3.63) is 36.3 Å². The summed E-state index contributed by atoms with van der Waals surface area (Å²) in [4.78, 5) is 21.2. The standard InChI is InChI=1S/C9H12N2O4/c1-6(7(12)3-2-4-10)9(15)11-5-8(13)14/h2-4,12H,1,5,10H2,(H,11,15)(H,13,14)/b4-2-,7-3+. The van der Waals surface area contributed by atoms with E-state index in [4.69, 9.17) is 10.8 Å². The molecule has 6 nitrogen and oxygen atoms in total. The van der Waals surface area contributed by atoms with Crippen LogP contribution in [0.5, 0.6) is 0 Å². The number of carboxylic acids is 1. The van der Waals surface area contributed by atoms with Gasteiger partial charge in [-0.15, -0.1) is 0 Å². The van der Waals surface area contributed by atoms with E-state index < -0.39 is 18.4 Å². The minimum atomic E-state index is -1.18. The number of amides is 1. The Morgan fingerprint density at radius 2 is 2.00 bits per heavy atom. The summed E-state index contributed by atoms with van der Waals surface area (Å²) in [5.41, 5.74) is 4.78. The van der Waals surface area contributed by atoms with Crippen molar-refractivity contribution in [2.45, 2.75) is 0 Å². The lowest BCUT2D eigenvalue weighted by atomic mass is 10.2. The van der Waals surface area contributed by atoms with E-state index >= 15 is 0 Å². The fourth-order valence-electron chi connectivity index (χ4n) is 0.626. The highest BCUT2D eigenvalue weighted by Gasteiger charge is 2.11. The Hall–Kier alpha value is -2.24. The Labute approximate surface area is 86.4 Å². The van der Waals surface area contributed by atoms with Gasteiger partial charge in [-0.1, -0.05) is 6.58 Å². The molecule has 0 saturated heterocycles. The lowest BCUT2D eigenvalue weighted by Gasteiger charge is -2.03. The van der Waals surface area contributed by atoms with E-state index in [0.29, 0.717) is 0 Å². The van der Waals surface area contributed by atoms with Crippen LogP contribution in [0.25, 0.3) is 0 Å². The third kappa shape index (κ3) is 5.14. The second kappa shape index (κ2) is 6.25. The van der Waals surface area contributed by atoms with Gasteiger partial charge in [0.05, 0.1) is 5.57 Å². The molecule has 82 valence electrons. The molecule has 6 heteroatoms. The first-order chi connectivity index (χ1) is 6.99. The first-order valence-electron chi connectivity index (χ1n) is 3.95. The van der Waals surface area contributed by atoms with Crippen molar-refractivity contribution in [2.75, 3.05) is 6.54 Å². The van der Waals surface area contributed by atoms with Crippen molar-refractivity contribution in [3.63, 3.8) is 0 Å². The van der Waals surface area contributed by atoms with Crippen molar-refractivity contribution < 1.29 is 19.8 Å². The van der Waals surface area contributed by atoms with E-state index in [1.165, 1.54) is 18.4 Å². The van der Waals surface area contributed by atoms with Crippen LogP contribution in [0.3, 0.4) is 0 Å². The molecule has 0 atom stereocenters. The second-order valence-electron chi connectivity index (χ2n) is 2.49. The minimum absolute atomic E-state index is 0.227. The number of aliphatic hydroxyl groups is 1. The van der Waals surface area contributed by atoms with E-state index in [1.54, 1.807) is 0 Å². The van der Waals surface area contributed by atoms with Gasteiger partial charge in [0.2, 0.25) is 0 Å². The predicted octanol–water partition coefficient (Wildman–Crippen LogP) is -0.342. The van der Waals surface area contributed by atoms with Gasteiger partial charge in [-0.05, 0) is 18.4 Å².